The molecule has 142 valence electrons. The van der Waals surface area contributed by atoms with Crippen LogP contribution in [0.3, 0.4) is 0 Å². The highest BCUT2D eigenvalue weighted by molar-refractivity contribution is 7.71. The van der Waals surface area contributed by atoms with Crippen LogP contribution in [0.15, 0.2) is 29.1 Å². The molecule has 0 unspecified atom stereocenters. The number of carbonyl (C=O) groups excluding carboxylic acids is 1. The number of hydrogen-bond acceptors (Lipinski definition) is 4. The van der Waals surface area contributed by atoms with Gasteiger partial charge in [-0.1, -0.05) is 31.0 Å². The first-order valence-corrected chi connectivity index (χ1v) is 10.8. The Morgan fingerprint density at radius 1 is 1.26 bits per heavy atom. The molecule has 2 heterocycles. The average molecular weight is 402 g/mol. The van der Waals surface area contributed by atoms with Crippen molar-refractivity contribution in [1.82, 2.24) is 14.9 Å². The lowest BCUT2D eigenvalue weighted by molar-refractivity contribution is -0.121. The van der Waals surface area contributed by atoms with Crippen molar-refractivity contribution in [2.75, 3.05) is 0 Å². The molecule has 1 saturated carbocycles. The number of nitrogens with one attached hydrogen (secondary N) is 2. The summed E-state index contributed by atoms with van der Waals surface area (Å²) < 4.78 is 3.87. The zero-order chi connectivity index (χ0) is 18.8. The third-order valence-corrected chi connectivity index (χ3v) is 6.75. The summed E-state index contributed by atoms with van der Waals surface area (Å²) in [7, 11) is 0. The highest BCUT2D eigenvalue weighted by Gasteiger charge is 2.17. The molecular formula is C20H23N3O2S2. The number of hydrogen-bond donors (Lipinski definition) is 2. The number of H-pyrrole nitrogens is 1. The molecule has 0 bridgehead atoms. The maximum atomic E-state index is 12.9. The standard InChI is InChI=1S/C20H23N3O2S2/c24-16(21-13-7-1-2-8-13)11-5-6-12-23-19(25)18-17(22-20(23)26)14-9-3-4-10-15(14)27-18/h3-4,9-10,13H,1-2,5-8,11-12H2,(H,21,24)(H,22,26). The Labute approximate surface area is 166 Å². The van der Waals surface area contributed by atoms with Crippen molar-refractivity contribution in [2.45, 2.75) is 57.5 Å². The Balaban J connectivity index is 1.43. The highest BCUT2D eigenvalue weighted by Crippen LogP contribution is 2.29. The van der Waals surface area contributed by atoms with Crippen LogP contribution in [-0.4, -0.2) is 21.5 Å². The molecule has 0 aliphatic heterocycles. The smallest absolute Gasteiger partial charge is 0.272 e. The number of aromatic nitrogens is 2. The summed E-state index contributed by atoms with van der Waals surface area (Å²) >= 11 is 6.92. The number of aromatic amines is 1. The number of rotatable bonds is 6. The van der Waals surface area contributed by atoms with Crippen LogP contribution in [0.25, 0.3) is 20.3 Å². The third-order valence-electron chi connectivity index (χ3n) is 5.27. The summed E-state index contributed by atoms with van der Waals surface area (Å²) in [5.74, 6) is 0.124. The van der Waals surface area contributed by atoms with E-state index in [1.54, 1.807) is 4.57 Å². The van der Waals surface area contributed by atoms with Crippen LogP contribution < -0.4 is 10.9 Å². The van der Waals surface area contributed by atoms with Gasteiger partial charge in [0, 0.05) is 29.1 Å². The summed E-state index contributed by atoms with van der Waals surface area (Å²) in [5.41, 5.74) is 0.795. The topological polar surface area (TPSA) is 66.9 Å². The number of nitrogens with zero attached hydrogens (tertiary/aromatic N) is 1. The molecule has 0 radical (unpaired) electrons. The van der Waals surface area contributed by atoms with E-state index in [9.17, 15) is 9.59 Å². The quantitative estimate of drug-likeness (QED) is 0.472. The number of amides is 1. The maximum Gasteiger partial charge on any atom is 0.272 e. The Hall–Kier alpha value is -1.99. The van der Waals surface area contributed by atoms with Gasteiger partial charge >= 0.3 is 0 Å². The molecule has 27 heavy (non-hydrogen) atoms. The van der Waals surface area contributed by atoms with E-state index >= 15 is 0 Å². The molecule has 3 aromatic rings. The zero-order valence-electron chi connectivity index (χ0n) is 15.1. The van der Waals surface area contributed by atoms with E-state index in [1.807, 2.05) is 24.3 Å². The second-order valence-electron chi connectivity index (χ2n) is 7.20. The number of unbranched alkanes of at least 4 members (excludes halogenated alkanes) is 1. The minimum atomic E-state index is -0.0367. The predicted molar refractivity (Wildman–Crippen MR) is 113 cm³/mol. The molecule has 1 amide bonds. The zero-order valence-corrected chi connectivity index (χ0v) is 16.8. The van der Waals surface area contributed by atoms with E-state index in [1.165, 1.54) is 24.2 Å². The lowest BCUT2D eigenvalue weighted by Gasteiger charge is -2.11. The van der Waals surface area contributed by atoms with Crippen LogP contribution in [0, 0.1) is 4.77 Å². The lowest BCUT2D eigenvalue weighted by atomic mass is 10.2. The van der Waals surface area contributed by atoms with E-state index < -0.39 is 0 Å². The van der Waals surface area contributed by atoms with Crippen LogP contribution in [-0.2, 0) is 11.3 Å². The second kappa shape index (κ2) is 7.94. The van der Waals surface area contributed by atoms with Crippen molar-refractivity contribution in [2.24, 2.45) is 0 Å². The Morgan fingerprint density at radius 3 is 2.85 bits per heavy atom. The van der Waals surface area contributed by atoms with Gasteiger partial charge in [0.15, 0.2) is 4.77 Å². The molecule has 1 fully saturated rings. The molecule has 0 spiro atoms. The Kier molecular flexibility index (Phi) is 5.41. The monoisotopic (exact) mass is 401 g/mol. The average Bonchev–Trinajstić information content (AvgIpc) is 3.29. The first kappa shape index (κ1) is 18.4. The van der Waals surface area contributed by atoms with Gasteiger partial charge in [0.2, 0.25) is 5.91 Å². The van der Waals surface area contributed by atoms with Gasteiger partial charge in [0.25, 0.3) is 5.56 Å². The summed E-state index contributed by atoms with van der Waals surface area (Å²) in [5, 5.41) is 4.15. The highest BCUT2D eigenvalue weighted by atomic mass is 32.1. The fraction of sp³-hybridized carbons (Fsp3) is 0.450. The molecule has 0 atom stereocenters. The van der Waals surface area contributed by atoms with Crippen molar-refractivity contribution in [1.29, 1.82) is 0 Å². The summed E-state index contributed by atoms with van der Waals surface area (Å²) in [6.45, 7) is 0.537. The molecule has 5 nitrogen and oxygen atoms in total. The van der Waals surface area contributed by atoms with Crippen LogP contribution in [0.1, 0.15) is 44.9 Å². The number of fused-ring (bicyclic) bond motifs is 3. The fourth-order valence-corrected chi connectivity index (χ4v) is 5.22. The van der Waals surface area contributed by atoms with Crippen LogP contribution in [0.2, 0.25) is 0 Å². The molecule has 1 aromatic carbocycles. The fourth-order valence-electron chi connectivity index (χ4n) is 3.84. The maximum absolute atomic E-state index is 12.9. The molecule has 4 rings (SSSR count). The predicted octanol–water partition coefficient (Wildman–Crippen LogP) is 4.50. The van der Waals surface area contributed by atoms with Gasteiger partial charge in [0.1, 0.15) is 4.70 Å². The van der Waals surface area contributed by atoms with Gasteiger partial charge in [-0.3, -0.25) is 14.2 Å². The van der Waals surface area contributed by atoms with Crippen molar-refractivity contribution < 1.29 is 4.79 Å². The van der Waals surface area contributed by atoms with Gasteiger partial charge in [0.05, 0.1) is 5.52 Å². The second-order valence-corrected chi connectivity index (χ2v) is 8.63. The van der Waals surface area contributed by atoms with Gasteiger partial charge in [-0.05, 0) is 44.0 Å². The summed E-state index contributed by atoms with van der Waals surface area (Å²) in [6, 6.07) is 8.33. The normalized spacial score (nSPS) is 15.0. The Bertz CT molecular complexity index is 1090. The number of carbonyl (C=O) groups is 1. The number of thiophene rings is 1. The van der Waals surface area contributed by atoms with Crippen molar-refractivity contribution in [3.63, 3.8) is 0 Å². The summed E-state index contributed by atoms with van der Waals surface area (Å²) in [6.07, 6.45) is 6.65. The van der Waals surface area contributed by atoms with Gasteiger partial charge in [-0.2, -0.15) is 0 Å². The van der Waals surface area contributed by atoms with E-state index in [-0.39, 0.29) is 11.5 Å². The lowest BCUT2D eigenvalue weighted by Crippen LogP contribution is -2.32. The molecule has 2 aromatic heterocycles. The van der Waals surface area contributed by atoms with Crippen molar-refractivity contribution in [3.8, 4) is 0 Å². The molecule has 1 aliphatic rings. The Morgan fingerprint density at radius 2 is 2.04 bits per heavy atom. The van der Waals surface area contributed by atoms with Crippen molar-refractivity contribution >= 4 is 49.8 Å². The van der Waals surface area contributed by atoms with Crippen LogP contribution in [0.4, 0.5) is 0 Å². The van der Waals surface area contributed by atoms with E-state index in [0.29, 0.717) is 28.5 Å². The molecule has 7 heteroatoms. The first-order valence-electron chi connectivity index (χ1n) is 9.57. The summed E-state index contributed by atoms with van der Waals surface area (Å²) in [4.78, 5) is 28.1. The van der Waals surface area contributed by atoms with E-state index in [2.05, 4.69) is 10.3 Å². The molecule has 2 N–H and O–H groups in total. The number of benzene rings is 1. The van der Waals surface area contributed by atoms with Crippen LogP contribution >= 0.6 is 23.6 Å². The van der Waals surface area contributed by atoms with Crippen LogP contribution in [0.5, 0.6) is 0 Å². The largest absolute Gasteiger partial charge is 0.353 e. The van der Waals surface area contributed by atoms with Gasteiger partial charge in [-0.25, -0.2) is 0 Å². The molecule has 1 aliphatic carbocycles. The van der Waals surface area contributed by atoms with Gasteiger partial charge < -0.3 is 10.3 Å². The minimum Gasteiger partial charge on any atom is -0.353 e. The van der Waals surface area contributed by atoms with E-state index in [0.717, 1.165) is 41.3 Å². The van der Waals surface area contributed by atoms with Crippen molar-refractivity contribution in [3.05, 3.63) is 39.4 Å². The van der Waals surface area contributed by atoms with E-state index in [4.69, 9.17) is 12.2 Å². The minimum absolute atomic E-state index is 0.0367. The molecular weight excluding hydrogens is 378 g/mol. The first-order chi connectivity index (χ1) is 13.1. The SMILES string of the molecule is O=C(CCCCn1c(=S)[nH]c2c(sc3ccccc32)c1=O)NC1CCCC1. The van der Waals surface area contributed by atoms with Gasteiger partial charge in [-0.15, -0.1) is 11.3 Å². The third kappa shape index (κ3) is 3.84. The molecule has 0 saturated heterocycles.